The number of furan rings is 1. The summed E-state index contributed by atoms with van der Waals surface area (Å²) >= 11 is 0. The molecule has 2 heterocycles. The lowest BCUT2D eigenvalue weighted by Gasteiger charge is -2.13. The van der Waals surface area contributed by atoms with Gasteiger partial charge in [0, 0.05) is 27.5 Å². The highest BCUT2D eigenvalue weighted by molar-refractivity contribution is 6.09. The number of benzene rings is 9. The predicted molar refractivity (Wildman–Crippen MR) is 227 cm³/mol. The van der Waals surface area contributed by atoms with E-state index in [2.05, 4.69) is 158 Å². The molecule has 0 aliphatic heterocycles. The van der Waals surface area contributed by atoms with E-state index in [1.165, 1.54) is 21.7 Å². The van der Waals surface area contributed by atoms with Gasteiger partial charge >= 0.3 is 0 Å². The average Bonchev–Trinajstić information content (AvgIpc) is 3.63. The summed E-state index contributed by atoms with van der Waals surface area (Å²) in [5.41, 5.74) is 9.09. The van der Waals surface area contributed by atoms with E-state index in [0.29, 0.717) is 17.5 Å². The first-order chi connectivity index (χ1) is 27.2. The third-order valence-electron chi connectivity index (χ3n) is 10.7. The number of aromatic nitrogens is 3. The van der Waals surface area contributed by atoms with Gasteiger partial charge in [-0.3, -0.25) is 0 Å². The molecule has 0 radical (unpaired) electrons. The van der Waals surface area contributed by atoms with Crippen LogP contribution in [0, 0.1) is 0 Å². The Balaban J connectivity index is 1.02. The van der Waals surface area contributed by atoms with Crippen LogP contribution in [0.3, 0.4) is 0 Å². The molecule has 0 spiro atoms. The van der Waals surface area contributed by atoms with Crippen LogP contribution in [0.2, 0.25) is 0 Å². The van der Waals surface area contributed by atoms with Gasteiger partial charge in [0.2, 0.25) is 0 Å². The van der Waals surface area contributed by atoms with Crippen molar-refractivity contribution < 1.29 is 4.42 Å². The molecule has 0 aliphatic rings. The van der Waals surface area contributed by atoms with Crippen LogP contribution in [-0.4, -0.2) is 15.0 Å². The van der Waals surface area contributed by atoms with Crippen molar-refractivity contribution in [3.05, 3.63) is 188 Å². The Morgan fingerprint density at radius 1 is 0.273 bits per heavy atom. The molecule has 11 aromatic rings. The number of fused-ring (bicyclic) bond motifs is 6. The van der Waals surface area contributed by atoms with Crippen molar-refractivity contribution in [2.45, 2.75) is 0 Å². The van der Waals surface area contributed by atoms with E-state index in [4.69, 9.17) is 19.4 Å². The van der Waals surface area contributed by atoms with Crippen LogP contribution in [0.5, 0.6) is 0 Å². The van der Waals surface area contributed by atoms with Crippen LogP contribution in [0.4, 0.5) is 0 Å². The Morgan fingerprint density at radius 2 is 0.745 bits per heavy atom. The van der Waals surface area contributed by atoms with Crippen molar-refractivity contribution in [1.82, 2.24) is 15.0 Å². The Bertz CT molecular complexity index is 3270. The molecule has 9 aromatic carbocycles. The average molecular weight is 702 g/mol. The van der Waals surface area contributed by atoms with Gasteiger partial charge in [0.1, 0.15) is 11.2 Å². The molecular weight excluding hydrogens is 671 g/mol. The Morgan fingerprint density at radius 3 is 1.45 bits per heavy atom. The second kappa shape index (κ2) is 12.6. The fourth-order valence-corrected chi connectivity index (χ4v) is 7.91. The molecule has 0 atom stereocenters. The monoisotopic (exact) mass is 701 g/mol. The van der Waals surface area contributed by atoms with Gasteiger partial charge in [0.15, 0.2) is 17.5 Å². The van der Waals surface area contributed by atoms with Gasteiger partial charge in [-0.1, -0.05) is 146 Å². The molecule has 4 heteroatoms. The SMILES string of the molecule is c1ccc(-c2nc(-c3ccc4ccccc4c3)nc(-c3ccc(-c4ccc5c(c4)oc4cc(-c6ccc7ccccc7c6)ccc45)c4ccccc34)n2)cc1. The summed E-state index contributed by atoms with van der Waals surface area (Å²) in [5.74, 6) is 1.91. The molecule has 11 rings (SSSR count). The third kappa shape index (κ3) is 5.43. The van der Waals surface area contributed by atoms with Crippen molar-refractivity contribution in [2.75, 3.05) is 0 Å². The Labute approximate surface area is 317 Å². The van der Waals surface area contributed by atoms with Crippen molar-refractivity contribution in [1.29, 1.82) is 0 Å². The van der Waals surface area contributed by atoms with E-state index in [-0.39, 0.29) is 0 Å². The van der Waals surface area contributed by atoms with Crippen LogP contribution < -0.4 is 0 Å². The van der Waals surface area contributed by atoms with Crippen LogP contribution >= 0.6 is 0 Å². The van der Waals surface area contributed by atoms with Gasteiger partial charge in [-0.15, -0.1) is 0 Å². The first-order valence-electron chi connectivity index (χ1n) is 18.5. The lowest BCUT2D eigenvalue weighted by Crippen LogP contribution is -2.00. The fraction of sp³-hybridized carbons (Fsp3) is 0. The van der Waals surface area contributed by atoms with Gasteiger partial charge in [-0.2, -0.15) is 0 Å². The highest BCUT2D eigenvalue weighted by Crippen LogP contribution is 2.39. The summed E-state index contributed by atoms with van der Waals surface area (Å²) in [7, 11) is 0. The van der Waals surface area contributed by atoms with Gasteiger partial charge in [0.25, 0.3) is 0 Å². The van der Waals surface area contributed by atoms with Gasteiger partial charge in [0.05, 0.1) is 0 Å². The third-order valence-corrected chi connectivity index (χ3v) is 10.7. The van der Waals surface area contributed by atoms with Crippen LogP contribution in [0.15, 0.2) is 192 Å². The molecule has 55 heavy (non-hydrogen) atoms. The minimum atomic E-state index is 0.634. The topological polar surface area (TPSA) is 51.8 Å². The van der Waals surface area contributed by atoms with Crippen LogP contribution in [0.1, 0.15) is 0 Å². The summed E-state index contributed by atoms with van der Waals surface area (Å²) in [5, 5.41) is 9.18. The summed E-state index contributed by atoms with van der Waals surface area (Å²) in [6.07, 6.45) is 0. The molecule has 0 unspecified atom stereocenters. The van der Waals surface area contributed by atoms with E-state index in [9.17, 15) is 0 Å². The zero-order valence-corrected chi connectivity index (χ0v) is 29.6. The molecule has 0 N–H and O–H groups in total. The maximum Gasteiger partial charge on any atom is 0.164 e. The standard InChI is InChI=1S/C51H31N3O/c1-2-12-34(13-3-1)49-52-50(40-21-19-33-11-5-7-15-36(33)29-40)54-51(53-49)46-27-26-41(42-16-8-9-17-43(42)46)39-23-25-45-44-24-22-38(30-47(44)55-48(45)31-39)37-20-18-32-10-4-6-14-35(32)28-37/h1-31H. The largest absolute Gasteiger partial charge is 0.456 e. The quantitative estimate of drug-likeness (QED) is 0.179. The minimum absolute atomic E-state index is 0.634. The summed E-state index contributed by atoms with van der Waals surface area (Å²) in [6, 6.07) is 65.9. The zero-order chi connectivity index (χ0) is 36.3. The molecule has 4 nitrogen and oxygen atoms in total. The highest BCUT2D eigenvalue weighted by Gasteiger charge is 2.17. The molecule has 256 valence electrons. The lowest BCUT2D eigenvalue weighted by atomic mass is 9.94. The minimum Gasteiger partial charge on any atom is -0.456 e. The van der Waals surface area contributed by atoms with Crippen molar-refractivity contribution >= 4 is 54.3 Å². The summed E-state index contributed by atoms with van der Waals surface area (Å²) in [6.45, 7) is 0. The Kier molecular flexibility index (Phi) is 7.14. The molecule has 0 saturated carbocycles. The fourth-order valence-electron chi connectivity index (χ4n) is 7.91. The number of hydrogen-bond acceptors (Lipinski definition) is 4. The number of hydrogen-bond donors (Lipinski definition) is 0. The maximum atomic E-state index is 6.58. The maximum absolute atomic E-state index is 6.58. The van der Waals surface area contributed by atoms with E-state index in [1.54, 1.807) is 0 Å². The zero-order valence-electron chi connectivity index (χ0n) is 29.6. The van der Waals surface area contributed by atoms with Crippen molar-refractivity contribution in [3.8, 4) is 56.4 Å². The van der Waals surface area contributed by atoms with Gasteiger partial charge in [-0.25, -0.2) is 15.0 Å². The number of nitrogens with zero attached hydrogens (tertiary/aromatic N) is 3. The second-order valence-electron chi connectivity index (χ2n) is 14.0. The Hall–Kier alpha value is -7.43. The summed E-state index contributed by atoms with van der Waals surface area (Å²) in [4.78, 5) is 15.2. The molecular formula is C51H31N3O. The molecule has 0 aliphatic carbocycles. The van der Waals surface area contributed by atoms with E-state index in [1.807, 2.05) is 30.3 Å². The van der Waals surface area contributed by atoms with Crippen molar-refractivity contribution in [2.24, 2.45) is 0 Å². The van der Waals surface area contributed by atoms with E-state index >= 15 is 0 Å². The molecule has 0 saturated heterocycles. The molecule has 0 bridgehead atoms. The normalized spacial score (nSPS) is 11.6. The number of rotatable bonds is 5. The first kappa shape index (κ1) is 31.1. The molecule has 2 aromatic heterocycles. The van der Waals surface area contributed by atoms with Crippen molar-refractivity contribution in [3.63, 3.8) is 0 Å². The lowest BCUT2D eigenvalue weighted by molar-refractivity contribution is 0.669. The summed E-state index contributed by atoms with van der Waals surface area (Å²) < 4.78 is 6.58. The van der Waals surface area contributed by atoms with Crippen LogP contribution in [0.25, 0.3) is 111 Å². The first-order valence-corrected chi connectivity index (χ1v) is 18.5. The smallest absolute Gasteiger partial charge is 0.164 e. The van der Waals surface area contributed by atoms with Gasteiger partial charge < -0.3 is 4.42 Å². The molecule has 0 fully saturated rings. The highest BCUT2D eigenvalue weighted by atomic mass is 16.3. The van der Waals surface area contributed by atoms with Crippen LogP contribution in [-0.2, 0) is 0 Å². The second-order valence-corrected chi connectivity index (χ2v) is 14.0. The predicted octanol–water partition coefficient (Wildman–Crippen LogP) is 13.6. The molecule has 0 amide bonds. The van der Waals surface area contributed by atoms with E-state index in [0.717, 1.165) is 71.5 Å². The van der Waals surface area contributed by atoms with Gasteiger partial charge in [-0.05, 0) is 97.0 Å². The van der Waals surface area contributed by atoms with E-state index < -0.39 is 0 Å².